The molecule has 0 bridgehead atoms. The first kappa shape index (κ1) is 20.7. The summed E-state index contributed by atoms with van der Waals surface area (Å²) < 4.78 is 39.7. The molecule has 3 amide bonds. The van der Waals surface area contributed by atoms with E-state index in [0.29, 0.717) is 25.9 Å². The highest BCUT2D eigenvalue weighted by atomic mass is 32.2. The van der Waals surface area contributed by atoms with Gasteiger partial charge in [0.1, 0.15) is 5.82 Å². The number of hydrogen-bond acceptors (Lipinski definition) is 6. The Morgan fingerprint density at radius 2 is 1.96 bits per heavy atom. The third-order valence-electron chi connectivity index (χ3n) is 4.70. The summed E-state index contributed by atoms with van der Waals surface area (Å²) in [6.45, 7) is 0.709. The molecular formula is C17H20FN3O5S2. The molecule has 2 fully saturated rings. The first-order valence-corrected chi connectivity index (χ1v) is 11.3. The molecule has 1 N–H and O–H groups in total. The summed E-state index contributed by atoms with van der Waals surface area (Å²) in [4.78, 5) is 38.6. The van der Waals surface area contributed by atoms with Crippen molar-refractivity contribution in [3.05, 3.63) is 30.1 Å². The molecule has 0 atom stereocenters. The predicted octanol–water partition coefficient (Wildman–Crippen LogP) is 1.18. The predicted molar refractivity (Wildman–Crippen MR) is 101 cm³/mol. The van der Waals surface area contributed by atoms with E-state index in [0.717, 1.165) is 23.9 Å². The highest BCUT2D eigenvalue weighted by molar-refractivity contribution is 8.14. The summed E-state index contributed by atoms with van der Waals surface area (Å²) in [7, 11) is -3.89. The SMILES string of the molecule is O=C(CCNS(=O)(=O)c1cccc(F)c1)N1CCC(N2C(=O)CSC2=O)CC1. The van der Waals surface area contributed by atoms with Gasteiger partial charge in [0.05, 0.1) is 10.6 Å². The van der Waals surface area contributed by atoms with E-state index < -0.39 is 15.8 Å². The van der Waals surface area contributed by atoms with Crippen LogP contribution in [0.5, 0.6) is 0 Å². The molecule has 2 heterocycles. The second kappa shape index (κ2) is 8.58. The van der Waals surface area contributed by atoms with Crippen LogP contribution in [0.1, 0.15) is 19.3 Å². The zero-order valence-electron chi connectivity index (χ0n) is 15.0. The van der Waals surface area contributed by atoms with E-state index in [-0.39, 0.29) is 46.7 Å². The molecule has 3 rings (SSSR count). The number of imide groups is 1. The lowest BCUT2D eigenvalue weighted by Gasteiger charge is -2.35. The minimum atomic E-state index is -3.89. The van der Waals surface area contributed by atoms with Gasteiger partial charge in [-0.2, -0.15) is 0 Å². The van der Waals surface area contributed by atoms with E-state index in [1.54, 1.807) is 4.90 Å². The largest absolute Gasteiger partial charge is 0.343 e. The molecule has 0 unspecified atom stereocenters. The van der Waals surface area contributed by atoms with Gasteiger partial charge in [-0.25, -0.2) is 17.5 Å². The standard InChI is InChI=1S/C17H20FN3O5S2/c18-12-2-1-3-14(10-12)28(25,26)19-7-4-15(22)20-8-5-13(6-9-20)21-16(23)11-27-17(21)24/h1-3,10,13,19H,4-9,11H2. The highest BCUT2D eigenvalue weighted by Crippen LogP contribution is 2.26. The number of nitrogens with zero attached hydrogens (tertiary/aromatic N) is 2. The summed E-state index contributed by atoms with van der Waals surface area (Å²) in [5.74, 6) is -0.890. The van der Waals surface area contributed by atoms with Gasteiger partial charge in [-0.05, 0) is 31.0 Å². The molecule has 2 aliphatic rings. The number of benzene rings is 1. The first-order chi connectivity index (χ1) is 13.3. The molecular weight excluding hydrogens is 409 g/mol. The van der Waals surface area contributed by atoms with Gasteiger partial charge in [0.2, 0.25) is 21.8 Å². The molecule has 0 aromatic heterocycles. The number of carbonyl (C=O) groups excluding carboxylic acids is 3. The van der Waals surface area contributed by atoms with Crippen molar-refractivity contribution >= 4 is 38.8 Å². The van der Waals surface area contributed by atoms with Gasteiger partial charge in [0.25, 0.3) is 5.24 Å². The van der Waals surface area contributed by atoms with E-state index in [1.807, 2.05) is 0 Å². The van der Waals surface area contributed by atoms with Crippen LogP contribution in [0.15, 0.2) is 29.2 Å². The molecule has 28 heavy (non-hydrogen) atoms. The van der Waals surface area contributed by atoms with Crippen molar-refractivity contribution in [1.29, 1.82) is 0 Å². The van der Waals surface area contributed by atoms with Crippen LogP contribution in [0.2, 0.25) is 0 Å². The maximum Gasteiger partial charge on any atom is 0.289 e. The number of rotatable bonds is 6. The molecule has 11 heteroatoms. The number of nitrogens with one attached hydrogen (secondary N) is 1. The number of thioether (sulfide) groups is 1. The summed E-state index contributed by atoms with van der Waals surface area (Å²) in [5, 5.41) is -0.235. The molecule has 1 aromatic rings. The van der Waals surface area contributed by atoms with Crippen molar-refractivity contribution in [2.24, 2.45) is 0 Å². The summed E-state index contributed by atoms with van der Waals surface area (Å²) in [6.07, 6.45) is 0.994. The second-order valence-corrected chi connectivity index (χ2v) is 9.23. The fourth-order valence-corrected chi connectivity index (χ4v) is 5.10. The summed E-state index contributed by atoms with van der Waals surface area (Å²) in [5.41, 5.74) is 0. The number of piperidine rings is 1. The van der Waals surface area contributed by atoms with Crippen molar-refractivity contribution in [2.45, 2.75) is 30.2 Å². The average Bonchev–Trinajstić information content (AvgIpc) is 3.00. The molecule has 0 spiro atoms. The van der Waals surface area contributed by atoms with E-state index >= 15 is 0 Å². The Labute approximate surface area is 166 Å². The Morgan fingerprint density at radius 1 is 1.25 bits per heavy atom. The van der Waals surface area contributed by atoms with Crippen molar-refractivity contribution in [2.75, 3.05) is 25.4 Å². The van der Waals surface area contributed by atoms with Gasteiger partial charge < -0.3 is 4.90 Å². The number of likely N-dealkylation sites (tertiary alicyclic amines) is 1. The number of amides is 3. The number of hydrogen-bond donors (Lipinski definition) is 1. The Balaban J connectivity index is 1.46. The van der Waals surface area contributed by atoms with Crippen molar-refractivity contribution in [3.63, 3.8) is 0 Å². The topological polar surface area (TPSA) is 104 Å². The van der Waals surface area contributed by atoms with E-state index in [4.69, 9.17) is 0 Å². The van der Waals surface area contributed by atoms with Crippen LogP contribution < -0.4 is 4.72 Å². The van der Waals surface area contributed by atoms with Gasteiger partial charge in [-0.3, -0.25) is 19.3 Å². The van der Waals surface area contributed by atoms with Crippen LogP contribution in [0.3, 0.4) is 0 Å². The maximum absolute atomic E-state index is 13.2. The Kier molecular flexibility index (Phi) is 6.36. The van der Waals surface area contributed by atoms with Crippen molar-refractivity contribution in [1.82, 2.24) is 14.5 Å². The second-order valence-electron chi connectivity index (χ2n) is 6.54. The average molecular weight is 429 g/mol. The van der Waals surface area contributed by atoms with Crippen LogP contribution in [-0.4, -0.2) is 66.7 Å². The van der Waals surface area contributed by atoms with Crippen LogP contribution in [0.25, 0.3) is 0 Å². The van der Waals surface area contributed by atoms with Crippen LogP contribution in [-0.2, 0) is 19.6 Å². The van der Waals surface area contributed by atoms with Crippen molar-refractivity contribution in [3.8, 4) is 0 Å². The molecule has 8 nitrogen and oxygen atoms in total. The van der Waals surface area contributed by atoms with Crippen molar-refractivity contribution < 1.29 is 27.2 Å². The maximum atomic E-state index is 13.2. The number of halogens is 1. The third-order valence-corrected chi connectivity index (χ3v) is 7.00. The minimum Gasteiger partial charge on any atom is -0.343 e. The molecule has 1 aromatic carbocycles. The Morgan fingerprint density at radius 3 is 2.57 bits per heavy atom. The minimum absolute atomic E-state index is 0.0311. The molecule has 0 saturated carbocycles. The first-order valence-electron chi connectivity index (χ1n) is 8.80. The zero-order chi connectivity index (χ0) is 20.3. The quantitative estimate of drug-likeness (QED) is 0.728. The van der Waals surface area contributed by atoms with E-state index in [1.165, 1.54) is 17.0 Å². The van der Waals surface area contributed by atoms with Crippen LogP contribution >= 0.6 is 11.8 Å². The van der Waals surface area contributed by atoms with Gasteiger partial charge in [0.15, 0.2) is 0 Å². The fraction of sp³-hybridized carbons (Fsp3) is 0.471. The molecule has 2 aliphatic heterocycles. The lowest BCUT2D eigenvalue weighted by atomic mass is 10.0. The third kappa shape index (κ3) is 4.70. The summed E-state index contributed by atoms with van der Waals surface area (Å²) >= 11 is 0.995. The van der Waals surface area contributed by atoms with E-state index in [2.05, 4.69) is 4.72 Å². The lowest BCUT2D eigenvalue weighted by Crippen LogP contribution is -2.48. The van der Waals surface area contributed by atoms with Crippen LogP contribution in [0, 0.1) is 5.82 Å². The van der Waals surface area contributed by atoms with Gasteiger partial charge in [-0.1, -0.05) is 17.8 Å². The number of sulfonamides is 1. The Bertz CT molecular complexity index is 869. The monoisotopic (exact) mass is 429 g/mol. The smallest absolute Gasteiger partial charge is 0.289 e. The normalized spacial score (nSPS) is 18.8. The van der Waals surface area contributed by atoms with Gasteiger partial charge in [0, 0.05) is 32.1 Å². The molecule has 2 saturated heterocycles. The summed E-state index contributed by atoms with van der Waals surface area (Å²) in [6, 6.07) is 4.44. The zero-order valence-corrected chi connectivity index (χ0v) is 16.6. The lowest BCUT2D eigenvalue weighted by molar-refractivity contribution is -0.133. The van der Waals surface area contributed by atoms with E-state index in [9.17, 15) is 27.2 Å². The van der Waals surface area contributed by atoms with Gasteiger partial charge in [-0.15, -0.1) is 0 Å². The fourth-order valence-electron chi connectivity index (χ4n) is 3.26. The molecule has 0 aliphatic carbocycles. The Hall–Kier alpha value is -1.98. The number of carbonyl (C=O) groups is 3. The van der Waals surface area contributed by atoms with Crippen LogP contribution in [0.4, 0.5) is 9.18 Å². The molecule has 0 radical (unpaired) electrons. The highest BCUT2D eigenvalue weighted by Gasteiger charge is 2.37. The molecule has 152 valence electrons. The van der Waals surface area contributed by atoms with Gasteiger partial charge >= 0.3 is 0 Å².